The predicted molar refractivity (Wildman–Crippen MR) is 96.9 cm³/mol. The van der Waals surface area contributed by atoms with Gasteiger partial charge in [-0.25, -0.2) is 9.67 Å². The molecule has 0 saturated carbocycles. The molecule has 8 heteroatoms. The van der Waals surface area contributed by atoms with Crippen LogP contribution in [0.25, 0.3) is 16.6 Å². The van der Waals surface area contributed by atoms with Crippen molar-refractivity contribution in [2.45, 2.75) is 26.3 Å². The second kappa shape index (κ2) is 6.31. The summed E-state index contributed by atoms with van der Waals surface area (Å²) in [6.45, 7) is 2.06. The normalized spacial score (nSPS) is 14.3. The second-order valence-electron chi connectivity index (χ2n) is 6.52. The SMILES string of the molecule is Cc1ccn(-c2cc(C(N)=O)nc3cc(CN4C(=O)CCC4=O)ccc23)n1. The molecule has 2 N–H and O–H groups in total. The quantitative estimate of drug-likeness (QED) is 0.706. The minimum atomic E-state index is -0.641. The third-order valence-electron chi connectivity index (χ3n) is 4.57. The van der Waals surface area contributed by atoms with E-state index in [1.54, 1.807) is 23.0 Å². The van der Waals surface area contributed by atoms with Crippen LogP contribution in [0.15, 0.2) is 36.5 Å². The first-order valence-corrected chi connectivity index (χ1v) is 8.52. The van der Waals surface area contributed by atoms with Crippen molar-refractivity contribution in [1.29, 1.82) is 0 Å². The number of carbonyl (C=O) groups is 3. The molecule has 2 aromatic heterocycles. The molecule has 1 aromatic carbocycles. The third-order valence-corrected chi connectivity index (χ3v) is 4.57. The summed E-state index contributed by atoms with van der Waals surface area (Å²) in [4.78, 5) is 41.0. The van der Waals surface area contributed by atoms with Crippen molar-refractivity contribution in [2.75, 3.05) is 0 Å². The molecule has 8 nitrogen and oxygen atoms in total. The fraction of sp³-hybridized carbons (Fsp3) is 0.211. The smallest absolute Gasteiger partial charge is 0.267 e. The van der Waals surface area contributed by atoms with E-state index in [1.807, 2.05) is 25.1 Å². The fourth-order valence-electron chi connectivity index (χ4n) is 3.20. The van der Waals surface area contributed by atoms with Crippen molar-refractivity contribution in [3.05, 3.63) is 53.5 Å². The van der Waals surface area contributed by atoms with Crippen molar-refractivity contribution in [3.63, 3.8) is 0 Å². The molecule has 4 rings (SSSR count). The van der Waals surface area contributed by atoms with Crippen LogP contribution in [0.2, 0.25) is 0 Å². The maximum Gasteiger partial charge on any atom is 0.267 e. The summed E-state index contributed by atoms with van der Waals surface area (Å²) in [5, 5.41) is 5.18. The maximum absolute atomic E-state index is 11.9. The largest absolute Gasteiger partial charge is 0.364 e. The lowest BCUT2D eigenvalue weighted by atomic mass is 10.1. The van der Waals surface area contributed by atoms with Crippen molar-refractivity contribution in [1.82, 2.24) is 19.7 Å². The van der Waals surface area contributed by atoms with Crippen LogP contribution in [-0.4, -0.2) is 37.4 Å². The number of nitrogens with zero attached hydrogens (tertiary/aromatic N) is 4. The number of carbonyl (C=O) groups excluding carboxylic acids is 3. The summed E-state index contributed by atoms with van der Waals surface area (Å²) >= 11 is 0. The molecule has 3 amide bonds. The van der Waals surface area contributed by atoms with Crippen LogP contribution in [-0.2, 0) is 16.1 Å². The summed E-state index contributed by atoms with van der Waals surface area (Å²) in [5.74, 6) is -0.990. The van der Waals surface area contributed by atoms with E-state index >= 15 is 0 Å². The van der Waals surface area contributed by atoms with Crippen LogP contribution >= 0.6 is 0 Å². The summed E-state index contributed by atoms with van der Waals surface area (Å²) in [6, 6.07) is 8.91. The van der Waals surface area contributed by atoms with Gasteiger partial charge < -0.3 is 5.73 Å². The Morgan fingerprint density at radius 3 is 2.52 bits per heavy atom. The van der Waals surface area contributed by atoms with E-state index in [0.717, 1.165) is 16.6 Å². The number of nitrogens with two attached hydrogens (primary N) is 1. The number of aromatic nitrogens is 3. The summed E-state index contributed by atoms with van der Waals surface area (Å²) in [5.41, 5.74) is 8.37. The highest BCUT2D eigenvalue weighted by molar-refractivity contribution is 6.02. The van der Waals surface area contributed by atoms with Gasteiger partial charge in [-0.3, -0.25) is 19.3 Å². The Hall–Kier alpha value is -3.55. The average molecular weight is 363 g/mol. The van der Waals surface area contributed by atoms with Crippen LogP contribution in [0.4, 0.5) is 0 Å². The number of likely N-dealkylation sites (tertiary alicyclic amines) is 1. The molecule has 136 valence electrons. The van der Waals surface area contributed by atoms with E-state index in [4.69, 9.17) is 5.73 Å². The molecule has 1 saturated heterocycles. The number of amides is 3. The molecule has 0 spiro atoms. The van der Waals surface area contributed by atoms with Crippen molar-refractivity contribution >= 4 is 28.6 Å². The van der Waals surface area contributed by atoms with Gasteiger partial charge in [-0.15, -0.1) is 0 Å². The second-order valence-corrected chi connectivity index (χ2v) is 6.52. The van der Waals surface area contributed by atoms with Gasteiger partial charge in [-0.1, -0.05) is 12.1 Å². The highest BCUT2D eigenvalue weighted by Gasteiger charge is 2.28. The molecule has 1 fully saturated rings. The zero-order chi connectivity index (χ0) is 19.1. The van der Waals surface area contributed by atoms with Gasteiger partial charge in [0.05, 0.1) is 23.4 Å². The molecular formula is C19H17N5O3. The van der Waals surface area contributed by atoms with Crippen molar-refractivity contribution in [2.24, 2.45) is 5.73 Å². The molecule has 27 heavy (non-hydrogen) atoms. The van der Waals surface area contributed by atoms with Gasteiger partial charge in [0.2, 0.25) is 11.8 Å². The summed E-state index contributed by atoms with van der Waals surface area (Å²) < 4.78 is 1.67. The number of primary amides is 1. The number of benzene rings is 1. The van der Waals surface area contributed by atoms with Gasteiger partial charge in [0.15, 0.2) is 0 Å². The van der Waals surface area contributed by atoms with Crippen molar-refractivity contribution in [3.8, 4) is 5.69 Å². The van der Waals surface area contributed by atoms with E-state index < -0.39 is 5.91 Å². The Morgan fingerprint density at radius 1 is 1.15 bits per heavy atom. The number of pyridine rings is 1. The maximum atomic E-state index is 11.9. The van der Waals surface area contributed by atoms with Gasteiger partial charge in [0.25, 0.3) is 5.91 Å². The Kier molecular flexibility index (Phi) is 3.95. The molecule has 0 radical (unpaired) electrons. The Morgan fingerprint density at radius 2 is 1.89 bits per heavy atom. The van der Waals surface area contributed by atoms with Crippen LogP contribution in [0.5, 0.6) is 0 Å². The van der Waals surface area contributed by atoms with Gasteiger partial charge in [0, 0.05) is 24.4 Å². The molecule has 0 bridgehead atoms. The number of aryl methyl sites for hydroxylation is 1. The number of hydrogen-bond donors (Lipinski definition) is 1. The third kappa shape index (κ3) is 3.05. The highest BCUT2D eigenvalue weighted by Crippen LogP contribution is 2.25. The van der Waals surface area contributed by atoms with E-state index in [2.05, 4.69) is 10.1 Å². The van der Waals surface area contributed by atoms with E-state index in [1.165, 1.54) is 4.90 Å². The standard InChI is InChI=1S/C19H17N5O3/c1-11-6-7-24(22-11)16-9-15(19(20)27)21-14-8-12(2-3-13(14)16)10-23-17(25)4-5-18(23)26/h2-3,6-9H,4-5,10H2,1H3,(H2,20,27). The lowest BCUT2D eigenvalue weighted by Gasteiger charge is -2.15. The lowest BCUT2D eigenvalue weighted by Crippen LogP contribution is -2.28. The first-order valence-electron chi connectivity index (χ1n) is 8.52. The number of rotatable bonds is 4. The zero-order valence-corrected chi connectivity index (χ0v) is 14.7. The first kappa shape index (κ1) is 16.9. The van der Waals surface area contributed by atoms with Gasteiger partial charge in [-0.05, 0) is 30.7 Å². The molecule has 3 aromatic rings. The summed E-state index contributed by atoms with van der Waals surface area (Å²) in [6.07, 6.45) is 2.29. The van der Waals surface area contributed by atoms with Crippen LogP contribution < -0.4 is 5.73 Å². The van der Waals surface area contributed by atoms with Crippen LogP contribution in [0.3, 0.4) is 0 Å². The number of imide groups is 1. The average Bonchev–Trinajstić information content (AvgIpc) is 3.21. The lowest BCUT2D eigenvalue weighted by molar-refractivity contribution is -0.139. The topological polar surface area (TPSA) is 111 Å². The number of fused-ring (bicyclic) bond motifs is 1. The van der Waals surface area contributed by atoms with E-state index in [-0.39, 0.29) is 36.9 Å². The molecule has 3 heterocycles. The van der Waals surface area contributed by atoms with Crippen LogP contribution in [0.1, 0.15) is 34.6 Å². The van der Waals surface area contributed by atoms with E-state index in [0.29, 0.717) is 11.2 Å². The van der Waals surface area contributed by atoms with Gasteiger partial charge in [0.1, 0.15) is 5.69 Å². The Bertz CT molecular complexity index is 1090. The molecule has 0 aliphatic carbocycles. The fourth-order valence-corrected chi connectivity index (χ4v) is 3.20. The van der Waals surface area contributed by atoms with Crippen LogP contribution in [0, 0.1) is 6.92 Å². The monoisotopic (exact) mass is 363 g/mol. The minimum absolute atomic E-state index is 0.121. The zero-order valence-electron chi connectivity index (χ0n) is 14.7. The Labute approximate surface area is 154 Å². The molecular weight excluding hydrogens is 346 g/mol. The minimum Gasteiger partial charge on any atom is -0.364 e. The molecule has 1 aliphatic heterocycles. The van der Waals surface area contributed by atoms with Gasteiger partial charge >= 0.3 is 0 Å². The molecule has 0 atom stereocenters. The predicted octanol–water partition coefficient (Wildman–Crippen LogP) is 1.48. The molecule has 0 unspecified atom stereocenters. The molecule has 1 aliphatic rings. The highest BCUT2D eigenvalue weighted by atomic mass is 16.2. The van der Waals surface area contributed by atoms with E-state index in [9.17, 15) is 14.4 Å². The first-order chi connectivity index (χ1) is 12.9. The van der Waals surface area contributed by atoms with Gasteiger partial charge in [-0.2, -0.15) is 5.10 Å². The Balaban J connectivity index is 1.82. The number of hydrogen-bond acceptors (Lipinski definition) is 5. The summed E-state index contributed by atoms with van der Waals surface area (Å²) in [7, 11) is 0. The van der Waals surface area contributed by atoms with Crippen molar-refractivity contribution < 1.29 is 14.4 Å².